The lowest BCUT2D eigenvalue weighted by Gasteiger charge is -2.29. The van der Waals surface area contributed by atoms with Gasteiger partial charge in [-0.2, -0.15) is 5.26 Å². The second-order valence-electron chi connectivity index (χ2n) is 5.88. The molecule has 0 aliphatic rings. The summed E-state index contributed by atoms with van der Waals surface area (Å²) < 4.78 is 13.2. The Bertz CT molecular complexity index is 723. The number of hydrogen-bond donors (Lipinski definition) is 2. The molecule has 0 fully saturated rings. The van der Waals surface area contributed by atoms with Gasteiger partial charge in [0.05, 0.1) is 17.7 Å². The van der Waals surface area contributed by atoms with E-state index >= 15 is 0 Å². The minimum absolute atomic E-state index is 0.298. The van der Waals surface area contributed by atoms with Crippen molar-refractivity contribution in [1.82, 2.24) is 5.32 Å². The van der Waals surface area contributed by atoms with Crippen molar-refractivity contribution in [1.29, 1.82) is 5.26 Å². The Morgan fingerprint density at radius 3 is 2.48 bits per heavy atom. The number of nitrogens with zero attached hydrogens (tertiary/aromatic N) is 1. The van der Waals surface area contributed by atoms with Gasteiger partial charge in [-0.3, -0.25) is 0 Å². The van der Waals surface area contributed by atoms with E-state index in [1.54, 1.807) is 30.3 Å². The fraction of sp³-hybridized carbons (Fsp3) is 0.278. The molecule has 2 N–H and O–H groups in total. The average Bonchev–Trinajstić information content (AvgIpc) is 2.52. The molecule has 0 bridgehead atoms. The molecule has 23 heavy (non-hydrogen) atoms. The number of halogens is 2. The smallest absolute Gasteiger partial charge is 0.124 e. The summed E-state index contributed by atoms with van der Waals surface area (Å²) in [5, 5.41) is 22.6. The van der Waals surface area contributed by atoms with E-state index in [9.17, 15) is 9.50 Å². The largest absolute Gasteiger partial charge is 0.387 e. The van der Waals surface area contributed by atoms with Crippen molar-refractivity contribution in [3.63, 3.8) is 0 Å². The molecule has 5 heteroatoms. The van der Waals surface area contributed by atoms with Crippen LogP contribution in [0, 0.1) is 17.1 Å². The molecule has 1 unspecified atom stereocenters. The van der Waals surface area contributed by atoms with E-state index in [-0.39, 0.29) is 5.82 Å². The monoisotopic (exact) mass is 332 g/mol. The van der Waals surface area contributed by atoms with E-state index in [1.807, 2.05) is 19.9 Å². The molecule has 2 aromatic rings. The number of aliphatic hydroxyl groups excluding tert-OH is 1. The zero-order chi connectivity index (χ0) is 17.0. The van der Waals surface area contributed by atoms with Crippen molar-refractivity contribution >= 4 is 11.6 Å². The maximum Gasteiger partial charge on any atom is 0.124 e. The van der Waals surface area contributed by atoms with Crippen LogP contribution in [0.25, 0.3) is 0 Å². The van der Waals surface area contributed by atoms with Gasteiger partial charge in [0.15, 0.2) is 0 Å². The summed E-state index contributed by atoms with van der Waals surface area (Å²) in [5.74, 6) is -0.382. The summed E-state index contributed by atoms with van der Waals surface area (Å²) in [6, 6.07) is 13.1. The van der Waals surface area contributed by atoms with Crippen LogP contribution in [0.4, 0.5) is 4.39 Å². The fourth-order valence-corrected chi connectivity index (χ4v) is 2.74. The molecule has 2 aromatic carbocycles. The third kappa shape index (κ3) is 4.29. The van der Waals surface area contributed by atoms with Crippen molar-refractivity contribution in [2.24, 2.45) is 0 Å². The first-order valence-electron chi connectivity index (χ1n) is 7.22. The van der Waals surface area contributed by atoms with Gasteiger partial charge in [-0.05, 0) is 49.2 Å². The first kappa shape index (κ1) is 17.4. The number of hydrogen-bond acceptors (Lipinski definition) is 3. The Kier molecular flexibility index (Phi) is 5.38. The maximum atomic E-state index is 13.2. The van der Waals surface area contributed by atoms with Crippen LogP contribution >= 0.6 is 11.6 Å². The molecule has 0 radical (unpaired) electrons. The first-order chi connectivity index (χ1) is 10.8. The van der Waals surface area contributed by atoms with E-state index in [1.165, 1.54) is 12.1 Å². The second kappa shape index (κ2) is 7.10. The van der Waals surface area contributed by atoms with Crippen molar-refractivity contribution < 1.29 is 9.50 Å². The summed E-state index contributed by atoms with van der Waals surface area (Å²) in [7, 11) is 0. The summed E-state index contributed by atoms with van der Waals surface area (Å²) in [4.78, 5) is 0. The third-order valence-electron chi connectivity index (χ3n) is 3.77. The maximum absolute atomic E-state index is 13.2. The minimum atomic E-state index is -0.721. The Hall–Kier alpha value is -1.93. The highest BCUT2D eigenvalue weighted by Crippen LogP contribution is 2.29. The molecular weight excluding hydrogens is 315 g/mol. The highest BCUT2D eigenvalue weighted by Gasteiger charge is 2.24. The van der Waals surface area contributed by atoms with Crippen LogP contribution in [0.15, 0.2) is 42.5 Å². The van der Waals surface area contributed by atoms with Crippen molar-refractivity contribution in [2.75, 3.05) is 6.54 Å². The number of benzene rings is 2. The lowest BCUT2D eigenvalue weighted by Crippen LogP contribution is -2.39. The molecule has 0 aliphatic heterocycles. The fourth-order valence-electron chi connectivity index (χ4n) is 2.34. The summed E-state index contributed by atoms with van der Waals surface area (Å²) in [6.07, 6.45) is -0.721. The lowest BCUT2D eigenvalue weighted by atomic mass is 9.93. The molecule has 3 nitrogen and oxygen atoms in total. The van der Waals surface area contributed by atoms with Gasteiger partial charge in [-0.25, -0.2) is 4.39 Å². The van der Waals surface area contributed by atoms with E-state index < -0.39 is 11.6 Å². The van der Waals surface area contributed by atoms with Crippen molar-refractivity contribution in [3.05, 3.63) is 70.0 Å². The zero-order valence-corrected chi connectivity index (χ0v) is 13.7. The van der Waals surface area contributed by atoms with Crippen LogP contribution in [0.1, 0.15) is 36.6 Å². The minimum Gasteiger partial charge on any atom is -0.387 e. The SMILES string of the molecule is CC(C)(NCC(O)c1ccc(C#N)cc1)c1ccc(F)cc1Cl. The van der Waals surface area contributed by atoms with Gasteiger partial charge in [0, 0.05) is 17.1 Å². The molecule has 0 saturated heterocycles. The van der Waals surface area contributed by atoms with Crippen LogP contribution in [0.5, 0.6) is 0 Å². The van der Waals surface area contributed by atoms with E-state index in [0.717, 1.165) is 11.1 Å². The van der Waals surface area contributed by atoms with E-state index in [0.29, 0.717) is 17.1 Å². The topological polar surface area (TPSA) is 56.0 Å². The van der Waals surface area contributed by atoms with Gasteiger partial charge in [-0.1, -0.05) is 29.8 Å². The van der Waals surface area contributed by atoms with Gasteiger partial charge >= 0.3 is 0 Å². The van der Waals surface area contributed by atoms with Crippen LogP contribution in [-0.4, -0.2) is 11.7 Å². The van der Waals surface area contributed by atoms with Gasteiger partial charge in [0.25, 0.3) is 0 Å². The Morgan fingerprint density at radius 2 is 1.91 bits per heavy atom. The van der Waals surface area contributed by atoms with Crippen LogP contribution in [0.2, 0.25) is 5.02 Å². The van der Waals surface area contributed by atoms with Gasteiger partial charge in [0.2, 0.25) is 0 Å². The van der Waals surface area contributed by atoms with E-state index in [2.05, 4.69) is 5.32 Å². The third-order valence-corrected chi connectivity index (χ3v) is 4.08. The number of nitrogens with one attached hydrogen (secondary N) is 1. The number of aliphatic hydroxyl groups is 1. The molecule has 120 valence electrons. The highest BCUT2D eigenvalue weighted by atomic mass is 35.5. The quantitative estimate of drug-likeness (QED) is 0.872. The van der Waals surface area contributed by atoms with Crippen molar-refractivity contribution in [3.8, 4) is 6.07 Å². The standard InChI is InChI=1S/C18H18ClFN2O/c1-18(2,15-8-7-14(20)9-16(15)19)22-11-17(23)13-5-3-12(10-21)4-6-13/h3-9,17,22-23H,11H2,1-2H3. The Morgan fingerprint density at radius 1 is 1.26 bits per heavy atom. The van der Waals surface area contributed by atoms with Gasteiger partial charge in [0.1, 0.15) is 5.82 Å². The highest BCUT2D eigenvalue weighted by molar-refractivity contribution is 6.31. The zero-order valence-electron chi connectivity index (χ0n) is 13.0. The molecule has 0 aromatic heterocycles. The summed E-state index contributed by atoms with van der Waals surface area (Å²) in [6.45, 7) is 4.13. The van der Waals surface area contributed by atoms with E-state index in [4.69, 9.17) is 16.9 Å². The van der Waals surface area contributed by atoms with Crippen LogP contribution in [-0.2, 0) is 5.54 Å². The molecule has 1 atom stereocenters. The predicted molar refractivity (Wildman–Crippen MR) is 88.6 cm³/mol. The molecular formula is C18H18ClFN2O. The van der Waals surface area contributed by atoms with Crippen molar-refractivity contribution in [2.45, 2.75) is 25.5 Å². The van der Waals surface area contributed by atoms with Gasteiger partial charge < -0.3 is 10.4 Å². The normalized spacial score (nSPS) is 12.7. The average molecular weight is 333 g/mol. The Labute approximate surface area is 140 Å². The summed E-state index contributed by atoms with van der Waals surface area (Å²) in [5.41, 5.74) is 1.50. The molecule has 0 saturated carbocycles. The predicted octanol–water partition coefficient (Wildman–Crippen LogP) is 3.91. The number of nitriles is 1. The molecule has 0 amide bonds. The number of rotatable bonds is 5. The molecule has 0 aliphatic carbocycles. The molecule has 0 spiro atoms. The molecule has 0 heterocycles. The summed E-state index contributed by atoms with van der Waals surface area (Å²) >= 11 is 6.11. The first-order valence-corrected chi connectivity index (χ1v) is 7.60. The van der Waals surface area contributed by atoms with Crippen LogP contribution in [0.3, 0.4) is 0 Å². The van der Waals surface area contributed by atoms with Crippen LogP contribution < -0.4 is 5.32 Å². The van der Waals surface area contributed by atoms with Gasteiger partial charge in [-0.15, -0.1) is 0 Å². The molecule has 2 rings (SSSR count). The Balaban J connectivity index is 2.07. The lowest BCUT2D eigenvalue weighted by molar-refractivity contribution is 0.161. The second-order valence-corrected chi connectivity index (χ2v) is 6.29.